The van der Waals surface area contributed by atoms with Crippen molar-refractivity contribution >= 4 is 23.4 Å². The molecule has 2 aromatic carbocycles. The Labute approximate surface area is 192 Å². The van der Waals surface area contributed by atoms with E-state index in [0.717, 1.165) is 33.8 Å². The van der Waals surface area contributed by atoms with E-state index in [4.69, 9.17) is 0 Å². The molecule has 32 heavy (non-hydrogen) atoms. The van der Waals surface area contributed by atoms with E-state index in [9.17, 15) is 4.79 Å². The van der Waals surface area contributed by atoms with Crippen molar-refractivity contribution in [2.45, 2.75) is 37.7 Å². The number of benzene rings is 2. The average Bonchev–Trinajstić information content (AvgIpc) is 3.19. The smallest absolute Gasteiger partial charge is 0.237 e. The van der Waals surface area contributed by atoms with E-state index in [1.165, 1.54) is 11.8 Å². The van der Waals surface area contributed by atoms with Crippen LogP contribution in [-0.4, -0.2) is 30.9 Å². The lowest BCUT2D eigenvalue weighted by atomic mass is 10.1. The Morgan fingerprint density at radius 3 is 2.34 bits per heavy atom. The third-order valence-electron chi connectivity index (χ3n) is 5.22. The fourth-order valence-corrected chi connectivity index (χ4v) is 4.30. The number of carbonyl (C=O) groups is 1. The summed E-state index contributed by atoms with van der Waals surface area (Å²) in [6, 6.07) is 20.0. The van der Waals surface area contributed by atoms with Gasteiger partial charge in [0.2, 0.25) is 5.91 Å². The minimum Gasteiger partial charge on any atom is -0.325 e. The number of nitrogens with one attached hydrogen (secondary N) is 1. The molecule has 0 spiro atoms. The molecule has 1 amide bonds. The van der Waals surface area contributed by atoms with Gasteiger partial charge in [-0.25, -0.2) is 0 Å². The monoisotopic (exact) mass is 443 g/mol. The number of aromatic nitrogens is 4. The third kappa shape index (κ3) is 4.89. The number of rotatable bonds is 7. The van der Waals surface area contributed by atoms with Crippen LogP contribution in [0.15, 0.2) is 78.2 Å². The lowest BCUT2D eigenvalue weighted by Crippen LogP contribution is -2.24. The van der Waals surface area contributed by atoms with Gasteiger partial charge in [-0.2, -0.15) is 0 Å². The second-order valence-corrected chi connectivity index (χ2v) is 8.94. The molecule has 1 atom stereocenters. The number of nitrogens with zero attached hydrogens (tertiary/aromatic N) is 4. The van der Waals surface area contributed by atoms with E-state index in [0.29, 0.717) is 11.7 Å². The Kier molecular flexibility index (Phi) is 6.66. The molecular formula is C25H25N5OS. The van der Waals surface area contributed by atoms with Crippen molar-refractivity contribution < 1.29 is 4.79 Å². The molecule has 0 radical (unpaired) electrons. The highest BCUT2D eigenvalue weighted by atomic mass is 32.2. The van der Waals surface area contributed by atoms with Crippen molar-refractivity contribution in [3.05, 3.63) is 89.7 Å². The highest BCUT2D eigenvalue weighted by molar-refractivity contribution is 8.00. The predicted molar refractivity (Wildman–Crippen MR) is 129 cm³/mol. The van der Waals surface area contributed by atoms with E-state index in [1.54, 1.807) is 12.4 Å². The van der Waals surface area contributed by atoms with E-state index < -0.39 is 0 Å². The first-order valence-electron chi connectivity index (χ1n) is 10.4. The first-order valence-corrected chi connectivity index (χ1v) is 11.3. The summed E-state index contributed by atoms with van der Waals surface area (Å²) in [5.41, 5.74) is 5.03. The summed E-state index contributed by atoms with van der Waals surface area (Å²) < 4.78 is 2.05. The molecule has 2 aromatic heterocycles. The molecule has 0 aliphatic carbocycles. The predicted octanol–water partition coefficient (Wildman–Crippen LogP) is 5.12. The number of thioether (sulfide) groups is 1. The van der Waals surface area contributed by atoms with Gasteiger partial charge in [0, 0.05) is 23.6 Å². The van der Waals surface area contributed by atoms with E-state index in [-0.39, 0.29) is 11.2 Å². The van der Waals surface area contributed by atoms with Crippen LogP contribution in [0.25, 0.3) is 11.4 Å². The van der Waals surface area contributed by atoms with Gasteiger partial charge in [-0.15, -0.1) is 10.2 Å². The van der Waals surface area contributed by atoms with Gasteiger partial charge in [0.25, 0.3) is 0 Å². The standard InChI is InChI=1S/C25H25N5OS/c1-17-8-7-9-18(2)22(17)27-24(31)19(3)32-25-29-28-23(21-12-14-26-15-13-21)30(25)16-20-10-5-4-6-11-20/h4-15,19H,16H2,1-3H3,(H,27,31)/t19-/m0/s1. The molecule has 0 unspecified atom stereocenters. The van der Waals surface area contributed by atoms with Crippen LogP contribution in [0, 0.1) is 13.8 Å². The topological polar surface area (TPSA) is 72.7 Å². The first-order chi connectivity index (χ1) is 15.5. The van der Waals surface area contributed by atoms with Crippen LogP contribution in [0.4, 0.5) is 5.69 Å². The molecule has 0 aliphatic rings. The maximum atomic E-state index is 13.0. The maximum Gasteiger partial charge on any atom is 0.237 e. The average molecular weight is 444 g/mol. The van der Waals surface area contributed by atoms with Crippen molar-refractivity contribution in [3.8, 4) is 11.4 Å². The number of hydrogen-bond donors (Lipinski definition) is 1. The molecule has 4 aromatic rings. The minimum absolute atomic E-state index is 0.0628. The van der Waals surface area contributed by atoms with Crippen LogP contribution in [0.1, 0.15) is 23.6 Å². The Hall–Kier alpha value is -3.45. The summed E-state index contributed by atoms with van der Waals surface area (Å²) in [6.07, 6.45) is 3.48. The van der Waals surface area contributed by atoms with Gasteiger partial charge in [0.05, 0.1) is 11.8 Å². The van der Waals surface area contributed by atoms with Crippen molar-refractivity contribution in [1.29, 1.82) is 0 Å². The molecule has 1 N–H and O–H groups in total. The van der Waals surface area contributed by atoms with Crippen LogP contribution >= 0.6 is 11.8 Å². The van der Waals surface area contributed by atoms with Crippen LogP contribution in [0.3, 0.4) is 0 Å². The van der Waals surface area contributed by atoms with E-state index >= 15 is 0 Å². The number of aryl methyl sites for hydroxylation is 2. The Morgan fingerprint density at radius 1 is 0.969 bits per heavy atom. The Morgan fingerprint density at radius 2 is 1.66 bits per heavy atom. The highest BCUT2D eigenvalue weighted by Gasteiger charge is 2.22. The molecule has 6 nitrogen and oxygen atoms in total. The first kappa shape index (κ1) is 21.8. The Balaban J connectivity index is 1.60. The molecule has 0 saturated carbocycles. The largest absolute Gasteiger partial charge is 0.325 e. The lowest BCUT2D eigenvalue weighted by Gasteiger charge is -2.16. The summed E-state index contributed by atoms with van der Waals surface area (Å²) >= 11 is 1.41. The SMILES string of the molecule is Cc1cccc(C)c1NC(=O)[C@H](C)Sc1nnc(-c2ccncc2)n1Cc1ccccc1. The third-order valence-corrected chi connectivity index (χ3v) is 6.30. The second kappa shape index (κ2) is 9.78. The number of hydrogen-bond acceptors (Lipinski definition) is 5. The molecule has 0 bridgehead atoms. The summed E-state index contributed by atoms with van der Waals surface area (Å²) in [5, 5.41) is 12.3. The molecule has 2 heterocycles. The molecule has 162 valence electrons. The molecule has 0 fully saturated rings. The molecule has 7 heteroatoms. The Bertz CT molecular complexity index is 1190. The summed E-state index contributed by atoms with van der Waals surface area (Å²) in [7, 11) is 0. The highest BCUT2D eigenvalue weighted by Crippen LogP contribution is 2.29. The van der Waals surface area contributed by atoms with Gasteiger partial charge in [-0.05, 0) is 49.6 Å². The normalized spacial score (nSPS) is 11.8. The maximum absolute atomic E-state index is 13.0. The van der Waals surface area contributed by atoms with Crippen molar-refractivity contribution in [2.24, 2.45) is 0 Å². The molecular weight excluding hydrogens is 418 g/mol. The van der Waals surface area contributed by atoms with Gasteiger partial charge in [-0.1, -0.05) is 60.3 Å². The zero-order chi connectivity index (χ0) is 22.5. The number of amides is 1. The summed E-state index contributed by atoms with van der Waals surface area (Å²) in [5.74, 6) is 0.688. The van der Waals surface area contributed by atoms with Crippen LogP contribution < -0.4 is 5.32 Å². The molecule has 4 rings (SSSR count). The van der Waals surface area contributed by atoms with E-state index in [2.05, 4.69) is 37.2 Å². The summed E-state index contributed by atoms with van der Waals surface area (Å²) in [6.45, 7) is 6.50. The van der Waals surface area contributed by atoms with Crippen molar-refractivity contribution in [1.82, 2.24) is 19.7 Å². The van der Waals surface area contributed by atoms with Crippen molar-refractivity contribution in [2.75, 3.05) is 5.32 Å². The second-order valence-electron chi connectivity index (χ2n) is 7.63. The lowest BCUT2D eigenvalue weighted by molar-refractivity contribution is -0.115. The fraction of sp³-hybridized carbons (Fsp3) is 0.200. The minimum atomic E-state index is -0.349. The number of pyridine rings is 1. The van der Waals surface area contributed by atoms with Gasteiger partial charge in [0.15, 0.2) is 11.0 Å². The molecule has 0 saturated heterocycles. The zero-order valence-corrected chi connectivity index (χ0v) is 19.1. The number of para-hydroxylation sites is 1. The zero-order valence-electron chi connectivity index (χ0n) is 18.3. The van der Waals surface area contributed by atoms with Crippen LogP contribution in [-0.2, 0) is 11.3 Å². The van der Waals surface area contributed by atoms with E-state index in [1.807, 2.05) is 69.3 Å². The van der Waals surface area contributed by atoms with Gasteiger partial charge >= 0.3 is 0 Å². The molecule has 0 aliphatic heterocycles. The van der Waals surface area contributed by atoms with Crippen LogP contribution in [0.5, 0.6) is 0 Å². The quantitative estimate of drug-likeness (QED) is 0.401. The fourth-order valence-electron chi connectivity index (χ4n) is 3.45. The van der Waals surface area contributed by atoms with Crippen LogP contribution in [0.2, 0.25) is 0 Å². The number of anilines is 1. The summed E-state index contributed by atoms with van der Waals surface area (Å²) in [4.78, 5) is 17.1. The van der Waals surface area contributed by atoms with Gasteiger partial charge < -0.3 is 5.32 Å². The van der Waals surface area contributed by atoms with Crippen molar-refractivity contribution in [3.63, 3.8) is 0 Å². The van der Waals surface area contributed by atoms with Gasteiger partial charge in [-0.3, -0.25) is 14.3 Å². The van der Waals surface area contributed by atoms with Gasteiger partial charge in [0.1, 0.15) is 0 Å². The number of carbonyl (C=O) groups excluding carboxylic acids is 1.